The van der Waals surface area contributed by atoms with Gasteiger partial charge in [0.2, 0.25) is 0 Å². The summed E-state index contributed by atoms with van der Waals surface area (Å²) in [6.07, 6.45) is 5.03. The van der Waals surface area contributed by atoms with Gasteiger partial charge < -0.3 is 10.6 Å². The molecule has 0 radical (unpaired) electrons. The number of rotatable bonds is 5. The fraction of sp³-hybridized carbons (Fsp3) is 0.917. The molecule has 0 spiro atoms. The van der Waals surface area contributed by atoms with Crippen molar-refractivity contribution in [2.45, 2.75) is 52.5 Å². The number of nitrogens with two attached hydrogens (primary N) is 1. The Hall–Kier alpha value is -0.150. The van der Waals surface area contributed by atoms with E-state index in [0.717, 1.165) is 12.5 Å². The Kier molecular flexibility index (Phi) is 4.53. The lowest BCUT2D eigenvalue weighted by molar-refractivity contribution is 0.253. The average molecular weight is 228 g/mol. The van der Waals surface area contributed by atoms with E-state index in [4.69, 9.17) is 18.0 Å². The van der Waals surface area contributed by atoms with E-state index in [2.05, 4.69) is 25.7 Å². The third-order valence-electron chi connectivity index (χ3n) is 3.60. The molecule has 1 heterocycles. The Morgan fingerprint density at radius 3 is 2.67 bits per heavy atom. The summed E-state index contributed by atoms with van der Waals surface area (Å²) < 4.78 is 0. The first-order valence-corrected chi connectivity index (χ1v) is 6.38. The minimum atomic E-state index is 0.0261. The molecule has 1 unspecified atom stereocenters. The molecule has 1 aliphatic heterocycles. The highest BCUT2D eigenvalue weighted by Crippen LogP contribution is 2.24. The van der Waals surface area contributed by atoms with E-state index in [0.29, 0.717) is 4.99 Å². The van der Waals surface area contributed by atoms with Crippen LogP contribution in [0, 0.1) is 5.41 Å². The van der Waals surface area contributed by atoms with Gasteiger partial charge in [-0.3, -0.25) is 0 Å². The minimum absolute atomic E-state index is 0.0261. The Labute approximate surface area is 99.2 Å². The molecule has 88 valence electrons. The zero-order chi connectivity index (χ0) is 11.5. The Morgan fingerprint density at radius 2 is 2.20 bits per heavy atom. The van der Waals surface area contributed by atoms with E-state index in [1.807, 2.05) is 0 Å². The number of likely N-dealkylation sites (tertiary alicyclic amines) is 1. The summed E-state index contributed by atoms with van der Waals surface area (Å²) in [5.41, 5.74) is 5.74. The van der Waals surface area contributed by atoms with E-state index < -0.39 is 0 Å². The molecule has 1 fully saturated rings. The lowest BCUT2D eigenvalue weighted by Gasteiger charge is -2.26. The topological polar surface area (TPSA) is 29.3 Å². The molecule has 1 aliphatic rings. The fourth-order valence-corrected chi connectivity index (χ4v) is 2.27. The van der Waals surface area contributed by atoms with Gasteiger partial charge in [0.15, 0.2) is 0 Å². The summed E-state index contributed by atoms with van der Waals surface area (Å²) in [6.45, 7) is 9.08. The number of thiocarbonyl (C=S) groups is 1. The second kappa shape index (κ2) is 5.26. The third kappa shape index (κ3) is 3.72. The molecule has 1 saturated heterocycles. The molecule has 0 bridgehead atoms. The number of hydrogen-bond donors (Lipinski definition) is 1. The quantitative estimate of drug-likeness (QED) is 0.733. The molecule has 0 aromatic rings. The minimum Gasteiger partial charge on any atom is -0.393 e. The van der Waals surface area contributed by atoms with Crippen molar-refractivity contribution in [2.75, 3.05) is 13.1 Å². The van der Waals surface area contributed by atoms with Crippen molar-refractivity contribution in [2.24, 2.45) is 11.1 Å². The van der Waals surface area contributed by atoms with Crippen LogP contribution < -0.4 is 5.73 Å². The SMILES string of the molecule is CC1CCCN1CCCC(C)(C)C(N)=S. The first-order valence-electron chi connectivity index (χ1n) is 5.97. The van der Waals surface area contributed by atoms with Crippen molar-refractivity contribution in [3.05, 3.63) is 0 Å². The van der Waals surface area contributed by atoms with E-state index in [9.17, 15) is 0 Å². The highest BCUT2D eigenvalue weighted by atomic mass is 32.1. The zero-order valence-electron chi connectivity index (χ0n) is 10.3. The van der Waals surface area contributed by atoms with Crippen LogP contribution >= 0.6 is 12.2 Å². The molecule has 1 atom stereocenters. The van der Waals surface area contributed by atoms with Crippen LogP contribution in [-0.2, 0) is 0 Å². The molecular formula is C12H24N2S. The normalized spacial score (nSPS) is 23.3. The van der Waals surface area contributed by atoms with Crippen molar-refractivity contribution in [3.8, 4) is 0 Å². The summed E-state index contributed by atoms with van der Waals surface area (Å²) in [5, 5.41) is 0. The Balaban J connectivity index is 2.24. The lowest BCUT2D eigenvalue weighted by Crippen LogP contribution is -2.32. The molecule has 2 N–H and O–H groups in total. The molecule has 3 heteroatoms. The van der Waals surface area contributed by atoms with Crippen molar-refractivity contribution in [1.82, 2.24) is 4.90 Å². The van der Waals surface area contributed by atoms with Gasteiger partial charge in [-0.25, -0.2) is 0 Å². The van der Waals surface area contributed by atoms with Crippen molar-refractivity contribution in [3.63, 3.8) is 0 Å². The summed E-state index contributed by atoms with van der Waals surface area (Å²) in [5.74, 6) is 0. The Morgan fingerprint density at radius 1 is 1.53 bits per heavy atom. The van der Waals surface area contributed by atoms with Crippen LogP contribution in [0.1, 0.15) is 46.5 Å². The maximum Gasteiger partial charge on any atom is 0.0784 e. The van der Waals surface area contributed by atoms with Gasteiger partial charge in [-0.1, -0.05) is 26.1 Å². The van der Waals surface area contributed by atoms with Gasteiger partial charge in [0, 0.05) is 11.5 Å². The average Bonchev–Trinajstić information content (AvgIpc) is 2.51. The fourth-order valence-electron chi connectivity index (χ4n) is 2.17. The van der Waals surface area contributed by atoms with Crippen LogP contribution in [0.2, 0.25) is 0 Å². The molecule has 0 amide bonds. The van der Waals surface area contributed by atoms with Gasteiger partial charge >= 0.3 is 0 Å². The molecular weight excluding hydrogens is 204 g/mol. The Bertz CT molecular complexity index is 226. The molecule has 0 aromatic carbocycles. The van der Waals surface area contributed by atoms with E-state index in [1.165, 1.54) is 32.4 Å². The molecule has 15 heavy (non-hydrogen) atoms. The van der Waals surface area contributed by atoms with Gasteiger partial charge in [-0.15, -0.1) is 0 Å². The van der Waals surface area contributed by atoms with Crippen LogP contribution in [0.4, 0.5) is 0 Å². The van der Waals surface area contributed by atoms with Gasteiger partial charge in [-0.2, -0.15) is 0 Å². The lowest BCUT2D eigenvalue weighted by atomic mass is 9.88. The summed E-state index contributed by atoms with van der Waals surface area (Å²) in [7, 11) is 0. The highest BCUT2D eigenvalue weighted by Gasteiger charge is 2.23. The molecule has 0 aromatic heterocycles. The first kappa shape index (κ1) is 12.9. The molecule has 2 nitrogen and oxygen atoms in total. The summed E-state index contributed by atoms with van der Waals surface area (Å²) >= 11 is 5.07. The van der Waals surface area contributed by atoms with Gasteiger partial charge in [0.05, 0.1) is 4.99 Å². The summed E-state index contributed by atoms with van der Waals surface area (Å²) in [4.78, 5) is 3.23. The zero-order valence-corrected chi connectivity index (χ0v) is 11.1. The van der Waals surface area contributed by atoms with Crippen molar-refractivity contribution >= 4 is 17.2 Å². The van der Waals surface area contributed by atoms with Crippen LogP contribution in [0.25, 0.3) is 0 Å². The number of hydrogen-bond acceptors (Lipinski definition) is 2. The number of nitrogens with zero attached hydrogens (tertiary/aromatic N) is 1. The van der Waals surface area contributed by atoms with Crippen molar-refractivity contribution < 1.29 is 0 Å². The largest absolute Gasteiger partial charge is 0.393 e. The van der Waals surface area contributed by atoms with Crippen LogP contribution in [0.15, 0.2) is 0 Å². The maximum atomic E-state index is 5.71. The van der Waals surface area contributed by atoms with Gasteiger partial charge in [0.1, 0.15) is 0 Å². The van der Waals surface area contributed by atoms with E-state index >= 15 is 0 Å². The van der Waals surface area contributed by atoms with Gasteiger partial charge in [0.25, 0.3) is 0 Å². The highest BCUT2D eigenvalue weighted by molar-refractivity contribution is 7.80. The monoisotopic (exact) mass is 228 g/mol. The summed E-state index contributed by atoms with van der Waals surface area (Å²) in [6, 6.07) is 0.776. The molecule has 0 saturated carbocycles. The standard InChI is InChI=1S/C12H24N2S/c1-10-6-4-8-14(10)9-5-7-12(2,3)11(13)15/h10H,4-9H2,1-3H3,(H2,13,15). The second-order valence-electron chi connectivity index (χ2n) is 5.38. The maximum absolute atomic E-state index is 5.71. The van der Waals surface area contributed by atoms with Crippen LogP contribution in [0.3, 0.4) is 0 Å². The van der Waals surface area contributed by atoms with Crippen LogP contribution in [0.5, 0.6) is 0 Å². The van der Waals surface area contributed by atoms with E-state index in [1.54, 1.807) is 0 Å². The molecule has 1 rings (SSSR count). The van der Waals surface area contributed by atoms with Crippen molar-refractivity contribution in [1.29, 1.82) is 0 Å². The second-order valence-corrected chi connectivity index (χ2v) is 5.82. The molecule has 0 aliphatic carbocycles. The third-order valence-corrected chi connectivity index (χ3v) is 4.16. The predicted octanol–water partition coefficient (Wildman–Crippen LogP) is 2.56. The van der Waals surface area contributed by atoms with E-state index in [-0.39, 0.29) is 5.41 Å². The van der Waals surface area contributed by atoms with Gasteiger partial charge in [-0.05, 0) is 45.7 Å². The first-order chi connectivity index (χ1) is 6.93. The smallest absolute Gasteiger partial charge is 0.0784 e. The predicted molar refractivity (Wildman–Crippen MR) is 70.1 cm³/mol. The van der Waals surface area contributed by atoms with Crippen LogP contribution in [-0.4, -0.2) is 29.0 Å².